The standard InChI is InChI=1S/C18H20N4O3/c19-18(20-10-8-13-4-3-5-14(12-13)22(23)24)21-16-9-11-25-17-7-2-1-6-15(16)17/h1-7,12,16H,8-11H2,(H3,19,20,21). The zero-order valence-electron chi connectivity index (χ0n) is 13.7. The van der Waals surface area contributed by atoms with E-state index < -0.39 is 4.92 Å². The SMILES string of the molecule is NC(=NCCc1cccc([N+](=O)[O-])c1)NC1CCOc2ccccc21. The van der Waals surface area contributed by atoms with Crippen molar-refractivity contribution in [1.29, 1.82) is 0 Å². The molecule has 130 valence electrons. The summed E-state index contributed by atoms with van der Waals surface area (Å²) in [5.41, 5.74) is 8.02. The lowest BCUT2D eigenvalue weighted by Crippen LogP contribution is -2.37. The van der Waals surface area contributed by atoms with Gasteiger partial charge in [-0.25, -0.2) is 0 Å². The van der Waals surface area contributed by atoms with E-state index in [2.05, 4.69) is 10.3 Å². The van der Waals surface area contributed by atoms with Crippen molar-refractivity contribution in [2.24, 2.45) is 10.7 Å². The highest BCUT2D eigenvalue weighted by molar-refractivity contribution is 5.78. The molecule has 0 aliphatic carbocycles. The van der Waals surface area contributed by atoms with Gasteiger partial charge in [-0.3, -0.25) is 15.1 Å². The number of benzene rings is 2. The highest BCUT2D eigenvalue weighted by Gasteiger charge is 2.21. The zero-order chi connectivity index (χ0) is 17.6. The van der Waals surface area contributed by atoms with Gasteiger partial charge in [-0.2, -0.15) is 0 Å². The fraction of sp³-hybridized carbons (Fsp3) is 0.278. The first kappa shape index (κ1) is 16.8. The van der Waals surface area contributed by atoms with Gasteiger partial charge in [-0.15, -0.1) is 0 Å². The van der Waals surface area contributed by atoms with Gasteiger partial charge in [0.15, 0.2) is 5.96 Å². The molecule has 0 aromatic heterocycles. The van der Waals surface area contributed by atoms with E-state index >= 15 is 0 Å². The molecule has 3 N–H and O–H groups in total. The number of hydrogen-bond acceptors (Lipinski definition) is 4. The Morgan fingerprint density at radius 3 is 3.00 bits per heavy atom. The molecule has 0 spiro atoms. The molecule has 7 heteroatoms. The van der Waals surface area contributed by atoms with Crippen molar-refractivity contribution in [1.82, 2.24) is 5.32 Å². The smallest absolute Gasteiger partial charge is 0.269 e. The number of guanidine groups is 1. The molecule has 0 bridgehead atoms. The normalized spacial score (nSPS) is 16.6. The molecule has 0 amide bonds. The third-order valence-electron chi connectivity index (χ3n) is 4.08. The largest absolute Gasteiger partial charge is 0.493 e. The van der Waals surface area contributed by atoms with Crippen LogP contribution in [0, 0.1) is 10.1 Å². The summed E-state index contributed by atoms with van der Waals surface area (Å²) in [6.45, 7) is 1.10. The van der Waals surface area contributed by atoms with Crippen LogP contribution in [0.3, 0.4) is 0 Å². The predicted octanol–water partition coefficient (Wildman–Crippen LogP) is 2.57. The second-order valence-electron chi connectivity index (χ2n) is 5.82. The van der Waals surface area contributed by atoms with E-state index in [1.165, 1.54) is 6.07 Å². The fourth-order valence-electron chi connectivity index (χ4n) is 2.85. The van der Waals surface area contributed by atoms with E-state index in [-0.39, 0.29) is 11.7 Å². The lowest BCUT2D eigenvalue weighted by atomic mass is 10.0. The molecular formula is C18H20N4O3. The van der Waals surface area contributed by atoms with Gasteiger partial charge >= 0.3 is 0 Å². The first-order valence-electron chi connectivity index (χ1n) is 8.15. The fourth-order valence-corrected chi connectivity index (χ4v) is 2.85. The van der Waals surface area contributed by atoms with Gasteiger partial charge in [0.1, 0.15) is 5.75 Å². The van der Waals surface area contributed by atoms with Gasteiger partial charge in [-0.05, 0) is 18.1 Å². The molecule has 0 saturated carbocycles. The number of ether oxygens (including phenoxy) is 1. The number of fused-ring (bicyclic) bond motifs is 1. The minimum atomic E-state index is -0.398. The van der Waals surface area contributed by atoms with Crippen LogP contribution in [0.15, 0.2) is 53.5 Å². The average molecular weight is 340 g/mol. The van der Waals surface area contributed by atoms with Crippen LogP contribution in [-0.4, -0.2) is 24.0 Å². The van der Waals surface area contributed by atoms with E-state index in [0.717, 1.165) is 23.3 Å². The molecule has 3 rings (SSSR count). The van der Waals surface area contributed by atoms with E-state index in [1.807, 2.05) is 30.3 Å². The number of hydrogen-bond donors (Lipinski definition) is 2. The minimum Gasteiger partial charge on any atom is -0.493 e. The maximum Gasteiger partial charge on any atom is 0.269 e. The summed E-state index contributed by atoms with van der Waals surface area (Å²) >= 11 is 0. The molecule has 1 heterocycles. The van der Waals surface area contributed by atoms with Gasteiger partial charge in [0.25, 0.3) is 5.69 Å². The first-order valence-corrected chi connectivity index (χ1v) is 8.15. The Kier molecular flexibility index (Phi) is 5.13. The van der Waals surface area contributed by atoms with E-state index in [4.69, 9.17) is 10.5 Å². The lowest BCUT2D eigenvalue weighted by molar-refractivity contribution is -0.384. The number of nitrogens with zero attached hydrogens (tertiary/aromatic N) is 2. The van der Waals surface area contributed by atoms with Crippen molar-refractivity contribution >= 4 is 11.6 Å². The number of non-ortho nitro benzene ring substituents is 1. The van der Waals surface area contributed by atoms with Crippen LogP contribution in [0.1, 0.15) is 23.6 Å². The Morgan fingerprint density at radius 2 is 2.16 bits per heavy atom. The number of nitrogens with one attached hydrogen (secondary N) is 1. The predicted molar refractivity (Wildman–Crippen MR) is 95.7 cm³/mol. The third kappa shape index (κ3) is 4.26. The van der Waals surface area contributed by atoms with Crippen LogP contribution in [-0.2, 0) is 6.42 Å². The van der Waals surface area contributed by atoms with Gasteiger partial charge in [0.05, 0.1) is 17.6 Å². The number of aliphatic imine (C=N–C) groups is 1. The van der Waals surface area contributed by atoms with E-state index in [1.54, 1.807) is 12.1 Å². The molecule has 0 radical (unpaired) electrons. The molecule has 25 heavy (non-hydrogen) atoms. The van der Waals surface area contributed by atoms with Crippen molar-refractivity contribution in [3.8, 4) is 5.75 Å². The minimum absolute atomic E-state index is 0.0755. The molecule has 2 aromatic carbocycles. The van der Waals surface area contributed by atoms with Gasteiger partial charge in [-0.1, -0.05) is 30.3 Å². The van der Waals surface area contributed by atoms with E-state index in [9.17, 15) is 10.1 Å². The second kappa shape index (κ2) is 7.65. The molecule has 1 atom stereocenters. The first-order chi connectivity index (χ1) is 12.1. The summed E-state index contributed by atoms with van der Waals surface area (Å²) in [4.78, 5) is 14.7. The van der Waals surface area contributed by atoms with Crippen molar-refractivity contribution in [2.75, 3.05) is 13.2 Å². The van der Waals surface area contributed by atoms with Crippen LogP contribution in [0.4, 0.5) is 5.69 Å². The molecule has 1 aliphatic heterocycles. The Balaban J connectivity index is 1.58. The summed E-state index contributed by atoms with van der Waals surface area (Å²) in [5.74, 6) is 1.24. The molecule has 2 aromatic rings. The van der Waals surface area contributed by atoms with Crippen LogP contribution < -0.4 is 15.8 Å². The lowest BCUT2D eigenvalue weighted by Gasteiger charge is -2.26. The third-order valence-corrected chi connectivity index (χ3v) is 4.08. The highest BCUT2D eigenvalue weighted by atomic mass is 16.6. The zero-order valence-corrected chi connectivity index (χ0v) is 13.7. The Bertz CT molecular complexity index is 791. The van der Waals surface area contributed by atoms with Crippen molar-refractivity contribution in [3.63, 3.8) is 0 Å². The van der Waals surface area contributed by atoms with Crippen LogP contribution in [0.2, 0.25) is 0 Å². The van der Waals surface area contributed by atoms with Crippen molar-refractivity contribution in [3.05, 3.63) is 69.8 Å². The summed E-state index contributed by atoms with van der Waals surface area (Å²) in [6.07, 6.45) is 1.41. The van der Waals surface area contributed by atoms with Crippen LogP contribution >= 0.6 is 0 Å². The number of rotatable bonds is 5. The summed E-state index contributed by atoms with van der Waals surface area (Å²) in [7, 11) is 0. The van der Waals surface area contributed by atoms with Crippen molar-refractivity contribution in [2.45, 2.75) is 18.9 Å². The molecule has 0 saturated heterocycles. The highest BCUT2D eigenvalue weighted by Crippen LogP contribution is 2.31. The number of nitrogens with two attached hydrogens (primary N) is 1. The maximum atomic E-state index is 10.8. The number of nitro groups is 1. The van der Waals surface area contributed by atoms with E-state index in [0.29, 0.717) is 25.5 Å². The van der Waals surface area contributed by atoms with Gasteiger partial charge in [0.2, 0.25) is 0 Å². The summed E-state index contributed by atoms with van der Waals surface area (Å²) < 4.78 is 5.63. The average Bonchev–Trinajstić information content (AvgIpc) is 2.62. The molecule has 0 fully saturated rings. The van der Waals surface area contributed by atoms with Crippen LogP contribution in [0.25, 0.3) is 0 Å². The summed E-state index contributed by atoms with van der Waals surface area (Å²) in [5, 5.41) is 14.0. The molecule has 7 nitrogen and oxygen atoms in total. The topological polar surface area (TPSA) is 103 Å². The Morgan fingerprint density at radius 1 is 1.32 bits per heavy atom. The van der Waals surface area contributed by atoms with Crippen LogP contribution in [0.5, 0.6) is 5.75 Å². The van der Waals surface area contributed by atoms with Crippen molar-refractivity contribution < 1.29 is 9.66 Å². The molecule has 1 unspecified atom stereocenters. The number of para-hydroxylation sites is 1. The quantitative estimate of drug-likeness (QED) is 0.377. The Labute approximate surface area is 145 Å². The number of nitro benzene ring substituents is 1. The second-order valence-corrected chi connectivity index (χ2v) is 5.82. The maximum absolute atomic E-state index is 10.8. The van der Waals surface area contributed by atoms with Gasteiger partial charge in [0, 0.05) is 30.7 Å². The molecule has 1 aliphatic rings. The summed E-state index contributed by atoms with van der Waals surface area (Å²) in [6, 6.07) is 14.5. The monoisotopic (exact) mass is 340 g/mol. The van der Waals surface area contributed by atoms with Gasteiger partial charge < -0.3 is 15.8 Å². The molecular weight excluding hydrogens is 320 g/mol. The Hall–Kier alpha value is -3.09.